The van der Waals surface area contributed by atoms with Crippen molar-refractivity contribution in [2.24, 2.45) is 0 Å². The van der Waals surface area contributed by atoms with Crippen molar-refractivity contribution in [1.82, 2.24) is 0 Å². The molecule has 5 aromatic carbocycles. The SMILES string of the molecule is CC.Cc1ccc2cc3c(cc2c1)oc1cc2c(cc13)oc1cc3cc(C)ccc3cc12. The fourth-order valence-corrected chi connectivity index (χ4v) is 4.77. The maximum Gasteiger partial charge on any atom is 0.136 e. The van der Waals surface area contributed by atoms with Crippen molar-refractivity contribution in [3.05, 3.63) is 83.9 Å². The van der Waals surface area contributed by atoms with Crippen LogP contribution in [-0.2, 0) is 0 Å². The molecule has 0 bridgehead atoms. The Morgan fingerprint density at radius 1 is 0.406 bits per heavy atom. The Kier molecular flexibility index (Phi) is 4.06. The first-order valence-corrected chi connectivity index (χ1v) is 11.3. The zero-order valence-electron chi connectivity index (χ0n) is 18.7. The number of furan rings is 2. The van der Waals surface area contributed by atoms with E-state index in [-0.39, 0.29) is 0 Å². The molecule has 0 radical (unpaired) electrons. The molecule has 0 saturated carbocycles. The van der Waals surface area contributed by atoms with Crippen LogP contribution in [0.1, 0.15) is 25.0 Å². The maximum atomic E-state index is 6.29. The second-order valence-electron chi connectivity index (χ2n) is 8.45. The van der Waals surface area contributed by atoms with Gasteiger partial charge in [-0.3, -0.25) is 0 Å². The topological polar surface area (TPSA) is 26.3 Å². The molecule has 0 aliphatic heterocycles. The minimum atomic E-state index is 0.899. The summed E-state index contributed by atoms with van der Waals surface area (Å²) in [7, 11) is 0. The van der Waals surface area contributed by atoms with E-state index in [1.54, 1.807) is 0 Å². The summed E-state index contributed by atoms with van der Waals surface area (Å²) in [5, 5.41) is 9.31. The highest BCUT2D eigenvalue weighted by Gasteiger charge is 2.14. The highest BCUT2D eigenvalue weighted by molar-refractivity contribution is 6.18. The number of rotatable bonds is 0. The van der Waals surface area contributed by atoms with Gasteiger partial charge in [0.05, 0.1) is 0 Å². The van der Waals surface area contributed by atoms with Crippen LogP contribution in [-0.4, -0.2) is 0 Å². The molecule has 0 aliphatic carbocycles. The Labute approximate surface area is 186 Å². The summed E-state index contributed by atoms with van der Waals surface area (Å²) in [4.78, 5) is 0. The molecule has 156 valence electrons. The van der Waals surface area contributed by atoms with Gasteiger partial charge < -0.3 is 8.83 Å². The molecule has 0 spiro atoms. The van der Waals surface area contributed by atoms with Crippen molar-refractivity contribution in [3.63, 3.8) is 0 Å². The molecule has 0 saturated heterocycles. The summed E-state index contributed by atoms with van der Waals surface area (Å²) < 4.78 is 12.6. The van der Waals surface area contributed by atoms with Crippen LogP contribution in [0.25, 0.3) is 65.4 Å². The van der Waals surface area contributed by atoms with Crippen LogP contribution in [0, 0.1) is 13.8 Å². The van der Waals surface area contributed by atoms with Gasteiger partial charge in [-0.2, -0.15) is 0 Å². The minimum absolute atomic E-state index is 0.899. The third-order valence-electron chi connectivity index (χ3n) is 6.29. The zero-order chi connectivity index (χ0) is 22.0. The van der Waals surface area contributed by atoms with Crippen LogP contribution in [0.3, 0.4) is 0 Å². The molecule has 0 N–H and O–H groups in total. The van der Waals surface area contributed by atoms with E-state index in [0.29, 0.717) is 0 Å². The van der Waals surface area contributed by atoms with Crippen LogP contribution < -0.4 is 0 Å². The van der Waals surface area contributed by atoms with E-state index in [1.807, 2.05) is 13.8 Å². The summed E-state index contributed by atoms with van der Waals surface area (Å²) in [5.41, 5.74) is 6.14. The van der Waals surface area contributed by atoms with Crippen molar-refractivity contribution in [2.45, 2.75) is 27.7 Å². The molecule has 2 nitrogen and oxygen atoms in total. The minimum Gasteiger partial charge on any atom is -0.456 e. The van der Waals surface area contributed by atoms with Gasteiger partial charge >= 0.3 is 0 Å². The van der Waals surface area contributed by atoms with Gasteiger partial charge in [-0.25, -0.2) is 0 Å². The average molecular weight is 417 g/mol. The van der Waals surface area contributed by atoms with Gasteiger partial charge in [-0.05, 0) is 71.8 Å². The van der Waals surface area contributed by atoms with Gasteiger partial charge in [0.2, 0.25) is 0 Å². The molecule has 7 aromatic rings. The van der Waals surface area contributed by atoms with Gasteiger partial charge in [0, 0.05) is 21.5 Å². The number of benzene rings is 5. The lowest BCUT2D eigenvalue weighted by atomic mass is 10.0. The molecule has 0 fully saturated rings. The quantitative estimate of drug-likeness (QED) is 0.246. The van der Waals surface area contributed by atoms with Gasteiger partial charge in [0.15, 0.2) is 0 Å². The molecule has 0 unspecified atom stereocenters. The van der Waals surface area contributed by atoms with E-state index in [0.717, 1.165) is 43.9 Å². The first-order chi connectivity index (χ1) is 15.6. The van der Waals surface area contributed by atoms with Crippen LogP contribution in [0.2, 0.25) is 0 Å². The monoisotopic (exact) mass is 416 g/mol. The van der Waals surface area contributed by atoms with Gasteiger partial charge in [0.1, 0.15) is 22.3 Å². The first-order valence-electron chi connectivity index (χ1n) is 11.3. The predicted octanol–water partition coefficient (Wildman–Crippen LogP) is 9.43. The second-order valence-corrected chi connectivity index (χ2v) is 8.45. The Balaban J connectivity index is 0.000000953. The molecule has 0 amide bonds. The molecule has 0 atom stereocenters. The Bertz CT molecular complexity index is 1680. The number of hydrogen-bond donors (Lipinski definition) is 0. The smallest absolute Gasteiger partial charge is 0.136 e. The molecule has 7 rings (SSSR count). The van der Waals surface area contributed by atoms with Crippen molar-refractivity contribution in [3.8, 4) is 0 Å². The second kappa shape index (κ2) is 6.86. The van der Waals surface area contributed by atoms with Crippen LogP contribution >= 0.6 is 0 Å². The standard InChI is InChI=1S/C28H18O2.C2H6/c1-15-3-5-17-9-21-23-13-28-24(14-27(23)29-25(21)11-19(17)7-15)22-10-18-6-4-16(2)8-20(18)12-26(22)30-28;1-2/h3-14H,1-2H3;1-2H3. The summed E-state index contributed by atoms with van der Waals surface area (Å²) in [6, 6.07) is 26.1. The third-order valence-corrected chi connectivity index (χ3v) is 6.29. The van der Waals surface area contributed by atoms with Gasteiger partial charge in [0.25, 0.3) is 0 Å². The normalized spacial score (nSPS) is 11.8. The first kappa shape index (κ1) is 18.9. The fourth-order valence-electron chi connectivity index (χ4n) is 4.77. The molecule has 2 aromatic heterocycles. The van der Waals surface area contributed by atoms with Gasteiger partial charge in [-0.1, -0.05) is 61.4 Å². The lowest BCUT2D eigenvalue weighted by Gasteiger charge is -1.99. The van der Waals surface area contributed by atoms with Crippen LogP contribution in [0.4, 0.5) is 0 Å². The number of hydrogen-bond acceptors (Lipinski definition) is 2. The average Bonchev–Trinajstić information content (AvgIpc) is 3.32. The van der Waals surface area contributed by atoms with Crippen molar-refractivity contribution in [2.75, 3.05) is 0 Å². The van der Waals surface area contributed by atoms with E-state index < -0.39 is 0 Å². The van der Waals surface area contributed by atoms with Gasteiger partial charge in [-0.15, -0.1) is 0 Å². The van der Waals surface area contributed by atoms with E-state index in [4.69, 9.17) is 8.83 Å². The Morgan fingerprint density at radius 3 is 1.22 bits per heavy atom. The summed E-state index contributed by atoms with van der Waals surface area (Å²) in [5.74, 6) is 0. The lowest BCUT2D eigenvalue weighted by molar-refractivity contribution is 0.664. The summed E-state index contributed by atoms with van der Waals surface area (Å²) >= 11 is 0. The Hall–Kier alpha value is -3.78. The van der Waals surface area contributed by atoms with Crippen molar-refractivity contribution < 1.29 is 8.83 Å². The molecular formula is C30H24O2. The third kappa shape index (κ3) is 2.73. The zero-order valence-corrected chi connectivity index (χ0v) is 18.7. The van der Waals surface area contributed by atoms with Crippen LogP contribution in [0.15, 0.2) is 81.6 Å². The van der Waals surface area contributed by atoms with Crippen molar-refractivity contribution in [1.29, 1.82) is 0 Å². The largest absolute Gasteiger partial charge is 0.456 e. The summed E-state index contributed by atoms with van der Waals surface area (Å²) in [6.45, 7) is 8.24. The predicted molar refractivity (Wildman–Crippen MR) is 137 cm³/mol. The molecule has 0 aliphatic rings. The molecule has 2 heterocycles. The lowest BCUT2D eigenvalue weighted by Crippen LogP contribution is -1.76. The highest BCUT2D eigenvalue weighted by Crippen LogP contribution is 2.39. The molecule has 32 heavy (non-hydrogen) atoms. The van der Waals surface area contributed by atoms with E-state index in [9.17, 15) is 0 Å². The molecule has 2 heteroatoms. The van der Waals surface area contributed by atoms with E-state index in [2.05, 4.69) is 86.6 Å². The van der Waals surface area contributed by atoms with Crippen LogP contribution in [0.5, 0.6) is 0 Å². The number of fused-ring (bicyclic) bond motifs is 8. The van der Waals surface area contributed by atoms with Crippen molar-refractivity contribution >= 4 is 65.4 Å². The van der Waals surface area contributed by atoms with E-state index in [1.165, 1.54) is 32.7 Å². The number of aryl methyl sites for hydroxylation is 2. The molecular weight excluding hydrogens is 392 g/mol. The maximum absolute atomic E-state index is 6.29. The fraction of sp³-hybridized carbons (Fsp3) is 0.133. The van der Waals surface area contributed by atoms with E-state index >= 15 is 0 Å². The highest BCUT2D eigenvalue weighted by atomic mass is 16.3. The summed E-state index contributed by atoms with van der Waals surface area (Å²) in [6.07, 6.45) is 0. The Morgan fingerprint density at radius 2 is 0.781 bits per heavy atom.